The van der Waals surface area contributed by atoms with E-state index in [1.807, 2.05) is 13.0 Å². The van der Waals surface area contributed by atoms with Gasteiger partial charge in [-0.15, -0.1) is 0 Å². The summed E-state index contributed by atoms with van der Waals surface area (Å²) in [5.41, 5.74) is -0.0307. The van der Waals surface area contributed by atoms with Gasteiger partial charge in [0.2, 0.25) is 11.8 Å². The van der Waals surface area contributed by atoms with Crippen LogP contribution in [-0.4, -0.2) is 21.4 Å². The van der Waals surface area contributed by atoms with Crippen LogP contribution in [0.15, 0.2) is 47.5 Å². The second-order valence-electron chi connectivity index (χ2n) is 6.95. The Bertz CT molecular complexity index is 1220. The first kappa shape index (κ1) is 22.0. The van der Waals surface area contributed by atoms with E-state index in [1.54, 1.807) is 12.1 Å². The van der Waals surface area contributed by atoms with Gasteiger partial charge in [-0.1, -0.05) is 12.1 Å². The number of benzene rings is 2. The van der Waals surface area contributed by atoms with E-state index in [9.17, 15) is 27.6 Å². The Labute approximate surface area is 174 Å². The van der Waals surface area contributed by atoms with Crippen molar-refractivity contribution in [3.63, 3.8) is 0 Å². The molecule has 3 rings (SSSR count). The third-order valence-electron chi connectivity index (χ3n) is 4.57. The molecule has 1 heterocycles. The third-order valence-corrected chi connectivity index (χ3v) is 4.57. The van der Waals surface area contributed by atoms with Gasteiger partial charge in [-0.25, -0.2) is 4.98 Å². The topological polar surface area (TPSA) is 93.1 Å². The highest BCUT2D eigenvalue weighted by molar-refractivity contribution is 5.99. The number of nitrogens with zero attached hydrogens (tertiary/aromatic N) is 2. The summed E-state index contributed by atoms with van der Waals surface area (Å²) in [6.45, 7) is 3.01. The molecule has 7 nitrogen and oxygen atoms in total. The monoisotopic (exact) mass is 432 g/mol. The fourth-order valence-electron chi connectivity index (χ4n) is 3.05. The second-order valence-corrected chi connectivity index (χ2v) is 6.95. The van der Waals surface area contributed by atoms with Crippen LogP contribution in [0.25, 0.3) is 10.9 Å². The number of amides is 2. The van der Waals surface area contributed by atoms with Crippen LogP contribution in [0.1, 0.15) is 24.5 Å². The van der Waals surface area contributed by atoms with Crippen molar-refractivity contribution < 1.29 is 22.8 Å². The van der Waals surface area contributed by atoms with Crippen LogP contribution < -0.4 is 16.2 Å². The van der Waals surface area contributed by atoms with E-state index in [4.69, 9.17) is 0 Å². The number of hydrogen-bond donors (Lipinski definition) is 2. The van der Waals surface area contributed by atoms with Gasteiger partial charge >= 0.3 is 6.18 Å². The number of nitrogens with one attached hydrogen (secondary N) is 2. The zero-order valence-corrected chi connectivity index (χ0v) is 16.7. The number of aryl methyl sites for hydroxylation is 2. The minimum Gasteiger partial charge on any atom is -0.325 e. The number of halogens is 3. The number of fused-ring (bicyclic) bond motifs is 1. The standard InChI is InChI=1S/C21H19F3N4O3/c1-12-4-3-5-15-19(12)25-11-28(20(15)31)9-8-18(30)27-17-10-14(21(22,23)24)6-7-16(17)26-13(2)29/h3-7,10-11H,8-9H2,1-2H3,(H,26,29)(H,27,30). The molecule has 0 bridgehead atoms. The molecule has 31 heavy (non-hydrogen) atoms. The Balaban J connectivity index is 1.79. The number of rotatable bonds is 5. The molecule has 0 saturated heterocycles. The number of para-hydroxylation sites is 1. The minimum absolute atomic E-state index is 0.0179. The highest BCUT2D eigenvalue weighted by Crippen LogP contribution is 2.34. The van der Waals surface area contributed by atoms with Crippen molar-refractivity contribution in [2.75, 3.05) is 10.6 Å². The first-order chi connectivity index (χ1) is 14.6. The number of hydrogen-bond acceptors (Lipinski definition) is 4. The van der Waals surface area contributed by atoms with Crippen molar-refractivity contribution in [2.24, 2.45) is 0 Å². The van der Waals surface area contributed by atoms with E-state index in [0.717, 1.165) is 23.8 Å². The maximum atomic E-state index is 13.0. The van der Waals surface area contributed by atoms with Gasteiger partial charge in [-0.2, -0.15) is 13.2 Å². The van der Waals surface area contributed by atoms with E-state index < -0.39 is 23.6 Å². The smallest absolute Gasteiger partial charge is 0.325 e. The van der Waals surface area contributed by atoms with Crippen LogP contribution in [0.3, 0.4) is 0 Å². The van der Waals surface area contributed by atoms with Crippen LogP contribution in [0.5, 0.6) is 0 Å². The Hall–Kier alpha value is -3.69. The van der Waals surface area contributed by atoms with E-state index in [2.05, 4.69) is 15.6 Å². The first-order valence-corrected chi connectivity index (χ1v) is 9.29. The highest BCUT2D eigenvalue weighted by Gasteiger charge is 2.31. The van der Waals surface area contributed by atoms with E-state index in [0.29, 0.717) is 10.9 Å². The van der Waals surface area contributed by atoms with Crippen molar-refractivity contribution in [3.05, 3.63) is 64.2 Å². The van der Waals surface area contributed by atoms with Gasteiger partial charge in [0.05, 0.1) is 34.2 Å². The molecule has 162 valence electrons. The van der Waals surface area contributed by atoms with E-state index in [-0.39, 0.29) is 29.9 Å². The van der Waals surface area contributed by atoms with Crippen LogP contribution in [-0.2, 0) is 22.3 Å². The lowest BCUT2D eigenvalue weighted by atomic mass is 10.1. The largest absolute Gasteiger partial charge is 0.416 e. The fraction of sp³-hybridized carbons (Fsp3) is 0.238. The van der Waals surface area contributed by atoms with Crippen molar-refractivity contribution in [1.82, 2.24) is 9.55 Å². The molecule has 10 heteroatoms. The van der Waals surface area contributed by atoms with Gasteiger partial charge < -0.3 is 10.6 Å². The molecule has 0 aliphatic heterocycles. The quantitative estimate of drug-likeness (QED) is 0.643. The molecule has 2 aromatic carbocycles. The summed E-state index contributed by atoms with van der Waals surface area (Å²) in [7, 11) is 0. The van der Waals surface area contributed by atoms with E-state index in [1.165, 1.54) is 17.8 Å². The predicted octanol–water partition coefficient (Wildman–Crippen LogP) is 3.71. The van der Waals surface area contributed by atoms with Gasteiger partial charge in [0.1, 0.15) is 0 Å². The number of aromatic nitrogens is 2. The van der Waals surface area contributed by atoms with E-state index >= 15 is 0 Å². The summed E-state index contributed by atoms with van der Waals surface area (Å²) < 4.78 is 40.3. The van der Waals surface area contributed by atoms with Gasteiger partial charge in [0, 0.05) is 19.9 Å². The maximum Gasteiger partial charge on any atom is 0.416 e. The lowest BCUT2D eigenvalue weighted by Crippen LogP contribution is -2.24. The molecule has 0 spiro atoms. The summed E-state index contributed by atoms with van der Waals surface area (Å²) >= 11 is 0. The van der Waals surface area contributed by atoms with Crippen LogP contribution >= 0.6 is 0 Å². The van der Waals surface area contributed by atoms with Crippen LogP contribution in [0, 0.1) is 6.92 Å². The third kappa shape index (κ3) is 5.08. The van der Waals surface area contributed by atoms with Crippen LogP contribution in [0.4, 0.5) is 24.5 Å². The fourth-order valence-corrected chi connectivity index (χ4v) is 3.05. The van der Waals surface area contributed by atoms with Crippen molar-refractivity contribution >= 4 is 34.1 Å². The lowest BCUT2D eigenvalue weighted by Gasteiger charge is -2.15. The number of anilines is 2. The molecule has 0 unspecified atom stereocenters. The average Bonchev–Trinajstić information content (AvgIpc) is 2.68. The predicted molar refractivity (Wildman–Crippen MR) is 110 cm³/mol. The second kappa shape index (κ2) is 8.58. The summed E-state index contributed by atoms with van der Waals surface area (Å²) in [6, 6.07) is 7.82. The highest BCUT2D eigenvalue weighted by atomic mass is 19.4. The molecule has 0 aliphatic carbocycles. The normalized spacial score (nSPS) is 11.4. The SMILES string of the molecule is CC(=O)Nc1ccc(C(F)(F)F)cc1NC(=O)CCn1cnc2c(C)cccc2c1=O. The van der Waals surface area contributed by atoms with Crippen molar-refractivity contribution in [2.45, 2.75) is 33.0 Å². The van der Waals surface area contributed by atoms with Gasteiger partial charge in [0.15, 0.2) is 0 Å². The Morgan fingerprint density at radius 2 is 1.84 bits per heavy atom. The lowest BCUT2D eigenvalue weighted by molar-refractivity contribution is -0.137. The number of carbonyl (C=O) groups is 2. The molecular formula is C21H19F3N4O3. The molecule has 2 amide bonds. The number of alkyl halides is 3. The molecule has 0 fully saturated rings. The summed E-state index contributed by atoms with van der Waals surface area (Å²) in [4.78, 5) is 40.5. The average molecular weight is 432 g/mol. The minimum atomic E-state index is -4.61. The van der Waals surface area contributed by atoms with Crippen molar-refractivity contribution in [1.29, 1.82) is 0 Å². The maximum absolute atomic E-state index is 13.0. The molecule has 0 atom stereocenters. The zero-order chi connectivity index (χ0) is 22.8. The number of carbonyl (C=O) groups excluding carboxylic acids is 2. The zero-order valence-electron chi connectivity index (χ0n) is 16.7. The molecule has 2 N–H and O–H groups in total. The van der Waals surface area contributed by atoms with Gasteiger partial charge in [-0.3, -0.25) is 19.0 Å². The summed E-state index contributed by atoms with van der Waals surface area (Å²) in [6.07, 6.45) is -3.47. The van der Waals surface area contributed by atoms with Gasteiger partial charge in [0.25, 0.3) is 5.56 Å². The molecule has 3 aromatic rings. The first-order valence-electron chi connectivity index (χ1n) is 9.29. The molecule has 1 aromatic heterocycles. The molecule has 0 saturated carbocycles. The van der Waals surface area contributed by atoms with Gasteiger partial charge in [-0.05, 0) is 36.8 Å². The molecular weight excluding hydrogens is 413 g/mol. The Morgan fingerprint density at radius 3 is 2.52 bits per heavy atom. The molecule has 0 radical (unpaired) electrons. The Kier molecular flexibility index (Phi) is 6.09. The van der Waals surface area contributed by atoms with Crippen LogP contribution in [0.2, 0.25) is 0 Å². The summed E-state index contributed by atoms with van der Waals surface area (Å²) in [5.74, 6) is -1.12. The molecule has 0 aliphatic rings. The Morgan fingerprint density at radius 1 is 1.10 bits per heavy atom. The summed E-state index contributed by atoms with van der Waals surface area (Å²) in [5, 5.41) is 5.17. The van der Waals surface area contributed by atoms with Crippen molar-refractivity contribution in [3.8, 4) is 0 Å².